The number of carbonyl (C=O) groups excluding carboxylic acids is 1. The highest BCUT2D eigenvalue weighted by atomic mass is 32.2. The van der Waals surface area contributed by atoms with Crippen molar-refractivity contribution in [3.05, 3.63) is 34.5 Å². The largest absolute Gasteiger partial charge is 0.477 e. The lowest BCUT2D eigenvalue weighted by Gasteiger charge is -2.15. The fourth-order valence-electron chi connectivity index (χ4n) is 4.94. The molecule has 2 heterocycles. The molecule has 0 saturated heterocycles. The summed E-state index contributed by atoms with van der Waals surface area (Å²) in [6, 6.07) is 1.79. The Morgan fingerprint density at radius 1 is 1.26 bits per heavy atom. The number of hydrogen-bond acceptors (Lipinski definition) is 5. The molecule has 4 N–H and O–H groups in total. The molecule has 5 rings (SSSR count). The molecule has 0 bridgehead atoms. The van der Waals surface area contributed by atoms with Gasteiger partial charge in [0.1, 0.15) is 4.90 Å². The molecule has 0 saturated carbocycles. The topological polar surface area (TPSA) is 124 Å². The molecule has 0 radical (unpaired) electrons. The van der Waals surface area contributed by atoms with Crippen molar-refractivity contribution in [1.82, 2.24) is 15.1 Å². The molecule has 0 unspecified atom stereocenters. The number of hydrogen-bond donors (Lipinski definition) is 3. The molecular weight excluding hydrogens is 416 g/mol. The number of aryl methyl sites for hydroxylation is 2. The number of carbonyl (C=O) groups is 1. The molecule has 1 aliphatic heterocycles. The van der Waals surface area contributed by atoms with Crippen LogP contribution in [0, 0.1) is 0 Å². The smallest absolute Gasteiger partial charge is 0.354 e. The normalized spacial score (nSPS) is 21.3. The molecule has 2 amide bonds. The molecule has 2 aliphatic carbocycles. The summed E-state index contributed by atoms with van der Waals surface area (Å²) in [6.07, 6.45) is 8.28. The molecule has 10 heteroatoms. The predicted molar refractivity (Wildman–Crippen MR) is 118 cm³/mol. The molecule has 2 atom stereocenters. The van der Waals surface area contributed by atoms with Crippen molar-refractivity contribution in [2.75, 3.05) is 19.0 Å². The van der Waals surface area contributed by atoms with Crippen molar-refractivity contribution in [1.29, 1.82) is 0 Å². The molecule has 1 aromatic carbocycles. The van der Waals surface area contributed by atoms with E-state index in [2.05, 4.69) is 26.2 Å². The number of urea groups is 1. The zero-order valence-electron chi connectivity index (χ0n) is 17.6. The fraction of sp³-hybridized carbons (Fsp3) is 0.524. The van der Waals surface area contributed by atoms with Crippen molar-refractivity contribution >= 4 is 21.6 Å². The Kier molecular flexibility index (Phi) is 5.23. The van der Waals surface area contributed by atoms with Crippen LogP contribution in [-0.2, 0) is 42.1 Å². The van der Waals surface area contributed by atoms with Crippen LogP contribution in [0.5, 0.6) is 5.88 Å². The van der Waals surface area contributed by atoms with Gasteiger partial charge in [-0.3, -0.25) is 0 Å². The SMILES string of the molecule is CN[C@H]1CCOc2c([S@@](N)(=O)=NC(=O)Nc3c4c(cc5c3CCC5)CCC4)cnn2C1. The van der Waals surface area contributed by atoms with E-state index < -0.39 is 15.9 Å². The molecule has 1 aromatic heterocycles. The van der Waals surface area contributed by atoms with E-state index in [4.69, 9.17) is 9.88 Å². The van der Waals surface area contributed by atoms with Crippen LogP contribution in [-0.4, -0.2) is 39.7 Å². The maximum Gasteiger partial charge on any atom is 0.354 e. The van der Waals surface area contributed by atoms with Gasteiger partial charge in [0.05, 0.1) is 19.3 Å². The summed E-state index contributed by atoms with van der Waals surface area (Å²) in [5, 5.41) is 16.5. The Labute approximate surface area is 182 Å². The average Bonchev–Trinajstić information content (AvgIpc) is 3.44. The number of benzene rings is 1. The summed E-state index contributed by atoms with van der Waals surface area (Å²) < 4.78 is 24.5. The summed E-state index contributed by atoms with van der Waals surface area (Å²) in [7, 11) is -1.63. The predicted octanol–water partition coefficient (Wildman–Crippen LogP) is 2.16. The van der Waals surface area contributed by atoms with Gasteiger partial charge in [0.15, 0.2) is 9.92 Å². The van der Waals surface area contributed by atoms with Crippen LogP contribution >= 0.6 is 0 Å². The number of nitrogens with two attached hydrogens (primary N) is 1. The first-order chi connectivity index (χ1) is 15.0. The van der Waals surface area contributed by atoms with E-state index in [1.165, 1.54) is 28.5 Å². The number of aromatic nitrogens is 2. The first-order valence-corrected chi connectivity index (χ1v) is 12.4. The first-order valence-electron chi connectivity index (χ1n) is 10.8. The standard InChI is InChI=1S/C21H28N6O3S/c1-23-15-8-9-30-20-18(11-24-27(20)12-15)31(22,29)26-21(28)25-19-16-6-2-4-13(16)10-14-5-3-7-17(14)19/h10-11,15,23H,2-9,12H2,1H3,(H3,22,25,26,28,29)/t15-,31-/m0/s1. The molecular formula is C21H28N6O3S. The number of rotatable bonds is 3. The van der Waals surface area contributed by atoms with Gasteiger partial charge in [-0.1, -0.05) is 6.07 Å². The summed E-state index contributed by atoms with van der Waals surface area (Å²) >= 11 is 0. The summed E-state index contributed by atoms with van der Waals surface area (Å²) in [4.78, 5) is 13.0. The van der Waals surface area contributed by atoms with Gasteiger partial charge in [0.25, 0.3) is 0 Å². The summed E-state index contributed by atoms with van der Waals surface area (Å²) in [5.41, 5.74) is 5.84. The quantitative estimate of drug-likeness (QED) is 0.669. The molecule has 0 fully saturated rings. The van der Waals surface area contributed by atoms with Crippen molar-refractivity contribution in [2.45, 2.75) is 62.4 Å². The van der Waals surface area contributed by atoms with Crippen molar-refractivity contribution < 1.29 is 13.7 Å². The third-order valence-electron chi connectivity index (χ3n) is 6.50. The van der Waals surface area contributed by atoms with Gasteiger partial charge in [0.2, 0.25) is 5.88 Å². The minimum Gasteiger partial charge on any atom is -0.477 e. The Hall–Kier alpha value is -2.43. The first kappa shape index (κ1) is 20.5. The van der Waals surface area contributed by atoms with Gasteiger partial charge in [0, 0.05) is 11.7 Å². The lowest BCUT2D eigenvalue weighted by atomic mass is 9.99. The van der Waals surface area contributed by atoms with E-state index in [1.807, 2.05) is 7.05 Å². The lowest BCUT2D eigenvalue weighted by molar-refractivity contribution is 0.260. The highest BCUT2D eigenvalue weighted by Gasteiger charge is 2.27. The monoisotopic (exact) mass is 444 g/mol. The average molecular weight is 445 g/mol. The van der Waals surface area contributed by atoms with Crippen LogP contribution < -0.4 is 20.5 Å². The fourth-order valence-corrected chi connectivity index (χ4v) is 5.94. The van der Waals surface area contributed by atoms with Gasteiger partial charge in [-0.05, 0) is 74.2 Å². The van der Waals surface area contributed by atoms with E-state index in [9.17, 15) is 9.00 Å². The van der Waals surface area contributed by atoms with Gasteiger partial charge in [-0.25, -0.2) is 18.8 Å². The molecule has 2 aromatic rings. The zero-order chi connectivity index (χ0) is 21.6. The molecule has 166 valence electrons. The maximum atomic E-state index is 13.3. The second-order valence-corrected chi connectivity index (χ2v) is 10.2. The van der Waals surface area contributed by atoms with E-state index >= 15 is 0 Å². The van der Waals surface area contributed by atoms with Crippen LogP contribution in [0.4, 0.5) is 10.5 Å². The third kappa shape index (κ3) is 3.72. The zero-order valence-corrected chi connectivity index (χ0v) is 18.5. The number of ether oxygens (including phenoxy) is 1. The minimum atomic E-state index is -3.51. The molecule has 31 heavy (non-hydrogen) atoms. The Balaban J connectivity index is 1.45. The van der Waals surface area contributed by atoms with Gasteiger partial charge >= 0.3 is 6.03 Å². The van der Waals surface area contributed by atoms with Gasteiger partial charge < -0.3 is 15.4 Å². The van der Waals surface area contributed by atoms with Crippen LogP contribution in [0.25, 0.3) is 0 Å². The Morgan fingerprint density at radius 3 is 2.65 bits per heavy atom. The number of anilines is 1. The van der Waals surface area contributed by atoms with Crippen LogP contribution in [0.2, 0.25) is 0 Å². The van der Waals surface area contributed by atoms with Gasteiger partial charge in [-0.2, -0.15) is 5.10 Å². The lowest BCUT2D eigenvalue weighted by Crippen LogP contribution is -2.29. The van der Waals surface area contributed by atoms with E-state index in [0.717, 1.165) is 50.6 Å². The second-order valence-electron chi connectivity index (χ2n) is 8.44. The second kappa shape index (κ2) is 7.92. The minimum absolute atomic E-state index is 0.155. The number of nitrogens with one attached hydrogen (secondary N) is 2. The number of amides is 2. The summed E-state index contributed by atoms with van der Waals surface area (Å²) in [5.74, 6) is 0.322. The third-order valence-corrected chi connectivity index (χ3v) is 7.85. The number of nitrogens with zero attached hydrogens (tertiary/aromatic N) is 3. The highest BCUT2D eigenvalue weighted by Crippen LogP contribution is 2.38. The van der Waals surface area contributed by atoms with E-state index in [0.29, 0.717) is 19.0 Å². The highest BCUT2D eigenvalue weighted by molar-refractivity contribution is 7.91. The molecule has 9 nitrogen and oxygen atoms in total. The van der Waals surface area contributed by atoms with Crippen LogP contribution in [0.15, 0.2) is 21.5 Å². The van der Waals surface area contributed by atoms with Crippen molar-refractivity contribution in [3.8, 4) is 5.88 Å². The maximum absolute atomic E-state index is 13.3. The van der Waals surface area contributed by atoms with E-state index in [-0.39, 0.29) is 10.9 Å². The van der Waals surface area contributed by atoms with Crippen LogP contribution in [0.1, 0.15) is 41.5 Å². The van der Waals surface area contributed by atoms with Gasteiger partial charge in [-0.15, -0.1) is 4.36 Å². The molecule has 0 spiro atoms. The number of fused-ring (bicyclic) bond motifs is 3. The Morgan fingerprint density at radius 2 is 1.97 bits per heavy atom. The van der Waals surface area contributed by atoms with E-state index in [1.54, 1.807) is 4.68 Å². The Bertz CT molecular complexity index is 1130. The van der Waals surface area contributed by atoms with Crippen molar-refractivity contribution in [2.24, 2.45) is 9.50 Å². The molecule has 3 aliphatic rings. The van der Waals surface area contributed by atoms with Crippen LogP contribution in [0.3, 0.4) is 0 Å². The summed E-state index contributed by atoms with van der Waals surface area (Å²) in [6.45, 7) is 1.00. The van der Waals surface area contributed by atoms with Crippen molar-refractivity contribution in [3.63, 3.8) is 0 Å². The number of likely N-dealkylation sites (N-methyl/N-ethyl adjacent to an activating group) is 1.